The predicted octanol–water partition coefficient (Wildman–Crippen LogP) is 6.25. The lowest BCUT2D eigenvalue weighted by molar-refractivity contribution is -0.143. The summed E-state index contributed by atoms with van der Waals surface area (Å²) in [6, 6.07) is 0. The predicted molar refractivity (Wildman–Crippen MR) is 117 cm³/mol. The van der Waals surface area contributed by atoms with E-state index < -0.39 is 24.1 Å². The molecule has 0 amide bonds. The van der Waals surface area contributed by atoms with Crippen molar-refractivity contribution in [1.29, 1.82) is 0 Å². The molecule has 3 N–H and O–H groups in total. The molecule has 0 saturated heterocycles. The van der Waals surface area contributed by atoms with Gasteiger partial charge in [-0.2, -0.15) is 0 Å². The van der Waals surface area contributed by atoms with E-state index in [0.29, 0.717) is 12.8 Å². The van der Waals surface area contributed by atoms with Gasteiger partial charge in [0.05, 0.1) is 12.2 Å². The molecule has 0 fully saturated rings. The third-order valence-electron chi connectivity index (χ3n) is 5.45. The molecule has 0 aliphatic rings. The van der Waals surface area contributed by atoms with Crippen molar-refractivity contribution in [2.45, 2.75) is 129 Å². The molecule has 0 rings (SSSR count). The first-order valence-corrected chi connectivity index (χ1v) is 11.8. The number of aliphatic hydroxyl groups excluding tert-OH is 2. The van der Waals surface area contributed by atoms with E-state index in [9.17, 15) is 20.1 Å². The highest BCUT2D eigenvalue weighted by Crippen LogP contribution is 2.17. The van der Waals surface area contributed by atoms with E-state index in [0.717, 1.165) is 32.1 Å². The van der Waals surface area contributed by atoms with Crippen molar-refractivity contribution in [1.82, 2.24) is 0 Å². The number of carboxylic acids is 1. The van der Waals surface area contributed by atoms with Crippen molar-refractivity contribution in [2.75, 3.05) is 0 Å². The number of rotatable bonds is 20. The maximum absolute atomic E-state index is 11.5. The van der Waals surface area contributed by atoms with Crippen molar-refractivity contribution in [3.05, 3.63) is 12.2 Å². The second-order valence-corrected chi connectivity index (χ2v) is 8.20. The van der Waals surface area contributed by atoms with Crippen molar-refractivity contribution < 1.29 is 20.1 Å². The minimum absolute atomic E-state index is 0.503. The zero-order valence-corrected chi connectivity index (χ0v) is 18.5. The van der Waals surface area contributed by atoms with Gasteiger partial charge < -0.3 is 15.3 Å². The third kappa shape index (κ3) is 16.1. The Morgan fingerprint density at radius 2 is 1.11 bits per heavy atom. The zero-order chi connectivity index (χ0) is 21.0. The number of aliphatic carboxylic acids is 1. The molecule has 4 heteroatoms. The lowest BCUT2D eigenvalue weighted by Gasteiger charge is -2.16. The molecule has 3 unspecified atom stereocenters. The zero-order valence-electron chi connectivity index (χ0n) is 18.5. The molecular formula is C24H46O4. The standard InChI is InChI=1S/C24H46O4/c1-3-5-7-9-11-13-15-17-21(25)19-20-22(24(27)28)23(26)18-16-14-12-10-8-6-4-2/h19-23,25-26H,3-18H2,1-2H3,(H,27,28). The minimum Gasteiger partial charge on any atom is -0.481 e. The van der Waals surface area contributed by atoms with Gasteiger partial charge in [-0.25, -0.2) is 0 Å². The van der Waals surface area contributed by atoms with Crippen LogP contribution in [-0.4, -0.2) is 33.5 Å². The van der Waals surface area contributed by atoms with E-state index in [-0.39, 0.29) is 0 Å². The number of unbranched alkanes of at least 4 members (excludes halogenated alkanes) is 12. The van der Waals surface area contributed by atoms with Crippen molar-refractivity contribution in [2.24, 2.45) is 5.92 Å². The van der Waals surface area contributed by atoms with E-state index >= 15 is 0 Å². The number of aliphatic hydroxyl groups is 2. The van der Waals surface area contributed by atoms with Crippen molar-refractivity contribution in [3.63, 3.8) is 0 Å². The summed E-state index contributed by atoms with van der Waals surface area (Å²) in [6.07, 6.45) is 19.1. The van der Waals surface area contributed by atoms with E-state index in [1.165, 1.54) is 63.9 Å². The van der Waals surface area contributed by atoms with Gasteiger partial charge in [0.2, 0.25) is 0 Å². The average molecular weight is 399 g/mol. The van der Waals surface area contributed by atoms with Crippen LogP contribution in [0.2, 0.25) is 0 Å². The van der Waals surface area contributed by atoms with Crippen LogP contribution in [0.1, 0.15) is 117 Å². The van der Waals surface area contributed by atoms with Crippen LogP contribution in [0, 0.1) is 5.92 Å². The molecule has 0 heterocycles. The van der Waals surface area contributed by atoms with E-state index in [1.54, 1.807) is 6.08 Å². The van der Waals surface area contributed by atoms with Gasteiger partial charge in [0.1, 0.15) is 5.92 Å². The first-order valence-electron chi connectivity index (χ1n) is 11.8. The average Bonchev–Trinajstić information content (AvgIpc) is 2.66. The van der Waals surface area contributed by atoms with Crippen LogP contribution in [0.3, 0.4) is 0 Å². The summed E-state index contributed by atoms with van der Waals surface area (Å²) in [6.45, 7) is 4.40. The molecule has 0 bridgehead atoms. The second-order valence-electron chi connectivity index (χ2n) is 8.20. The Labute approximate surface area is 173 Å². The fraction of sp³-hybridized carbons (Fsp3) is 0.875. The fourth-order valence-corrected chi connectivity index (χ4v) is 3.52. The van der Waals surface area contributed by atoms with Gasteiger partial charge in [-0.15, -0.1) is 0 Å². The smallest absolute Gasteiger partial charge is 0.313 e. The number of carbonyl (C=O) groups is 1. The van der Waals surface area contributed by atoms with Gasteiger partial charge in [0.15, 0.2) is 0 Å². The minimum atomic E-state index is -1.02. The lowest BCUT2D eigenvalue weighted by Crippen LogP contribution is -2.26. The molecule has 0 radical (unpaired) electrons. The Morgan fingerprint density at radius 3 is 1.57 bits per heavy atom. The number of hydrogen-bond acceptors (Lipinski definition) is 3. The summed E-state index contributed by atoms with van der Waals surface area (Å²) < 4.78 is 0. The first kappa shape index (κ1) is 27.1. The number of hydrogen-bond donors (Lipinski definition) is 3. The van der Waals surface area contributed by atoms with E-state index in [1.807, 2.05) is 0 Å². The molecule has 0 saturated carbocycles. The molecule has 0 spiro atoms. The maximum atomic E-state index is 11.5. The van der Waals surface area contributed by atoms with Gasteiger partial charge in [-0.05, 0) is 12.8 Å². The highest BCUT2D eigenvalue weighted by atomic mass is 16.4. The molecule has 0 aromatic heterocycles. The molecule has 166 valence electrons. The van der Waals surface area contributed by atoms with Crippen LogP contribution in [0.4, 0.5) is 0 Å². The maximum Gasteiger partial charge on any atom is 0.313 e. The van der Waals surface area contributed by atoms with Gasteiger partial charge in [0.25, 0.3) is 0 Å². The molecule has 4 nitrogen and oxygen atoms in total. The summed E-state index contributed by atoms with van der Waals surface area (Å²) >= 11 is 0. The molecule has 28 heavy (non-hydrogen) atoms. The van der Waals surface area contributed by atoms with Crippen LogP contribution >= 0.6 is 0 Å². The Hall–Kier alpha value is -0.870. The Bertz CT molecular complexity index is 381. The van der Waals surface area contributed by atoms with Crippen LogP contribution in [0.25, 0.3) is 0 Å². The van der Waals surface area contributed by atoms with Crippen molar-refractivity contribution in [3.8, 4) is 0 Å². The molecule has 0 aromatic carbocycles. The van der Waals surface area contributed by atoms with Gasteiger partial charge in [-0.1, -0.05) is 116 Å². The largest absolute Gasteiger partial charge is 0.481 e. The summed E-state index contributed by atoms with van der Waals surface area (Å²) in [5.41, 5.74) is 0. The highest BCUT2D eigenvalue weighted by Gasteiger charge is 2.23. The quantitative estimate of drug-likeness (QED) is 0.167. The topological polar surface area (TPSA) is 77.8 Å². The Kier molecular flexibility index (Phi) is 18.8. The highest BCUT2D eigenvalue weighted by molar-refractivity contribution is 5.72. The summed E-state index contributed by atoms with van der Waals surface area (Å²) in [4.78, 5) is 11.5. The molecule has 0 aliphatic carbocycles. The van der Waals surface area contributed by atoms with Crippen molar-refractivity contribution >= 4 is 5.97 Å². The molecule has 0 aliphatic heterocycles. The second kappa shape index (κ2) is 19.4. The van der Waals surface area contributed by atoms with Crippen LogP contribution in [0.15, 0.2) is 12.2 Å². The van der Waals surface area contributed by atoms with Crippen LogP contribution < -0.4 is 0 Å². The van der Waals surface area contributed by atoms with Gasteiger partial charge in [-0.3, -0.25) is 4.79 Å². The summed E-state index contributed by atoms with van der Waals surface area (Å²) in [7, 11) is 0. The molecule has 0 aromatic rings. The monoisotopic (exact) mass is 398 g/mol. The normalized spacial score (nSPS) is 15.0. The Morgan fingerprint density at radius 1 is 0.679 bits per heavy atom. The Balaban J connectivity index is 4.00. The van der Waals surface area contributed by atoms with Gasteiger partial charge in [0, 0.05) is 0 Å². The van der Waals surface area contributed by atoms with E-state index in [4.69, 9.17) is 0 Å². The first-order chi connectivity index (χ1) is 13.5. The SMILES string of the molecule is CCCCCCCCCC(O)C=CC(C(=O)O)C(O)CCCCCCCCC. The summed E-state index contributed by atoms with van der Waals surface area (Å²) in [5.74, 6) is -1.95. The molecular weight excluding hydrogens is 352 g/mol. The fourth-order valence-electron chi connectivity index (χ4n) is 3.52. The van der Waals surface area contributed by atoms with Crippen LogP contribution in [0.5, 0.6) is 0 Å². The van der Waals surface area contributed by atoms with Gasteiger partial charge >= 0.3 is 5.97 Å². The number of carboxylic acid groups (broad SMARTS) is 1. The van der Waals surface area contributed by atoms with E-state index in [2.05, 4.69) is 13.8 Å². The third-order valence-corrected chi connectivity index (χ3v) is 5.45. The van der Waals surface area contributed by atoms with Crippen LogP contribution in [-0.2, 0) is 4.79 Å². The lowest BCUT2D eigenvalue weighted by atomic mass is 9.95. The molecule has 3 atom stereocenters. The summed E-state index contributed by atoms with van der Waals surface area (Å²) in [5, 5.41) is 29.7.